The summed E-state index contributed by atoms with van der Waals surface area (Å²) in [5, 5.41) is 19.8. The summed E-state index contributed by atoms with van der Waals surface area (Å²) in [6, 6.07) is 9.93. The minimum atomic E-state index is -0.0783. The predicted molar refractivity (Wildman–Crippen MR) is 133 cm³/mol. The molecule has 0 N–H and O–H groups in total. The van der Waals surface area contributed by atoms with Gasteiger partial charge in [-0.15, -0.1) is 39.4 Å². The Labute approximate surface area is 203 Å². The van der Waals surface area contributed by atoms with E-state index in [1.54, 1.807) is 40.0 Å². The number of thiophene rings is 2. The van der Waals surface area contributed by atoms with Crippen molar-refractivity contribution in [2.45, 2.75) is 31.1 Å². The number of carbonyl (C=O) groups excluding carboxylic acids is 1. The van der Waals surface area contributed by atoms with Gasteiger partial charge in [0.05, 0.1) is 34.2 Å². The molecule has 0 aromatic carbocycles. The molecular weight excluding hydrogens is 474 g/mol. The summed E-state index contributed by atoms with van der Waals surface area (Å²) in [6.07, 6.45) is 4.14. The predicted octanol–water partition coefficient (Wildman–Crippen LogP) is 5.63. The largest absolute Gasteiger partial charge is 0.469 e. The fraction of sp³-hybridized carbons (Fsp3) is 0.217. The third-order valence-electron chi connectivity index (χ3n) is 5.30. The van der Waals surface area contributed by atoms with E-state index in [1.807, 2.05) is 40.5 Å². The molecule has 1 amide bonds. The number of aromatic nitrogens is 3. The van der Waals surface area contributed by atoms with Crippen molar-refractivity contribution < 1.29 is 9.21 Å². The minimum absolute atomic E-state index is 0.0563. The number of nitrogens with zero attached hydrogens (tertiary/aromatic N) is 5. The van der Waals surface area contributed by atoms with Crippen LogP contribution in [0.15, 0.2) is 74.7 Å². The van der Waals surface area contributed by atoms with Crippen LogP contribution in [-0.2, 0) is 11.3 Å². The highest BCUT2D eigenvalue weighted by Gasteiger charge is 2.34. The first-order chi connectivity index (χ1) is 16.2. The fourth-order valence-electron chi connectivity index (χ4n) is 3.73. The number of hydrogen-bond acceptors (Lipinski definition) is 8. The number of hydrazone groups is 1. The zero-order valence-corrected chi connectivity index (χ0v) is 20.3. The second-order valence-corrected chi connectivity index (χ2v) is 10.3. The van der Waals surface area contributed by atoms with Gasteiger partial charge in [0.25, 0.3) is 5.91 Å². The Morgan fingerprint density at radius 3 is 2.82 bits per heavy atom. The van der Waals surface area contributed by atoms with Gasteiger partial charge >= 0.3 is 0 Å². The van der Waals surface area contributed by atoms with Crippen molar-refractivity contribution in [3.63, 3.8) is 0 Å². The summed E-state index contributed by atoms with van der Waals surface area (Å²) >= 11 is 4.65. The molecular formula is C23H21N5O2S3. The molecule has 5 rings (SSSR count). The Balaban J connectivity index is 1.37. The molecule has 33 heavy (non-hydrogen) atoms. The van der Waals surface area contributed by atoms with E-state index in [0.29, 0.717) is 23.9 Å². The second kappa shape index (κ2) is 9.50. The SMILES string of the molecule is C=CCn1c(SCC(=O)N2N=C(c3cccs3)CC2c2cccs2)nnc1-c1ccoc1C. The molecule has 0 radical (unpaired) electrons. The van der Waals surface area contributed by atoms with Gasteiger partial charge in [-0.05, 0) is 35.9 Å². The normalized spacial score (nSPS) is 15.7. The number of thioether (sulfide) groups is 1. The molecule has 0 aliphatic carbocycles. The molecule has 1 unspecified atom stereocenters. The van der Waals surface area contributed by atoms with Gasteiger partial charge < -0.3 is 4.42 Å². The fourth-order valence-corrected chi connectivity index (χ4v) is 6.07. The highest BCUT2D eigenvalue weighted by atomic mass is 32.2. The average Bonchev–Trinajstić information content (AvgIpc) is 3.63. The minimum Gasteiger partial charge on any atom is -0.469 e. The topological polar surface area (TPSA) is 76.5 Å². The van der Waals surface area contributed by atoms with Crippen LogP contribution in [-0.4, -0.2) is 37.1 Å². The highest BCUT2D eigenvalue weighted by Crippen LogP contribution is 2.36. The highest BCUT2D eigenvalue weighted by molar-refractivity contribution is 7.99. The van der Waals surface area contributed by atoms with Crippen molar-refractivity contribution in [3.8, 4) is 11.4 Å². The molecule has 10 heteroatoms. The summed E-state index contributed by atoms with van der Waals surface area (Å²) in [5.41, 5.74) is 1.83. The zero-order valence-electron chi connectivity index (χ0n) is 17.9. The summed E-state index contributed by atoms with van der Waals surface area (Å²) in [5.74, 6) is 1.63. The molecule has 7 nitrogen and oxygen atoms in total. The van der Waals surface area contributed by atoms with Gasteiger partial charge in [0.15, 0.2) is 11.0 Å². The summed E-state index contributed by atoms with van der Waals surface area (Å²) in [7, 11) is 0. The van der Waals surface area contributed by atoms with Crippen molar-refractivity contribution >= 4 is 46.1 Å². The Bertz CT molecular complexity index is 1290. The second-order valence-electron chi connectivity index (χ2n) is 7.38. The molecule has 0 bridgehead atoms. The van der Waals surface area contributed by atoms with E-state index in [9.17, 15) is 4.79 Å². The molecule has 0 fully saturated rings. The molecule has 0 spiro atoms. The Morgan fingerprint density at radius 2 is 2.12 bits per heavy atom. The number of aryl methyl sites for hydroxylation is 1. The Hall–Kier alpha value is -2.95. The lowest BCUT2D eigenvalue weighted by Crippen LogP contribution is -2.28. The Morgan fingerprint density at radius 1 is 1.27 bits per heavy atom. The van der Waals surface area contributed by atoms with Gasteiger partial charge in [0, 0.05) is 17.8 Å². The number of allylic oxidation sites excluding steroid dienone is 1. The summed E-state index contributed by atoms with van der Waals surface area (Å²) in [6.45, 7) is 6.27. The molecule has 0 saturated heterocycles. The van der Waals surface area contributed by atoms with E-state index < -0.39 is 0 Å². The third kappa shape index (κ3) is 4.33. The first-order valence-corrected chi connectivity index (χ1v) is 13.1. The van der Waals surface area contributed by atoms with Gasteiger partial charge in [-0.3, -0.25) is 9.36 Å². The third-order valence-corrected chi connectivity index (χ3v) is 8.14. The van der Waals surface area contributed by atoms with Crippen molar-refractivity contribution in [1.29, 1.82) is 0 Å². The maximum Gasteiger partial charge on any atom is 0.253 e. The number of hydrogen-bond donors (Lipinski definition) is 0. The summed E-state index contributed by atoms with van der Waals surface area (Å²) in [4.78, 5) is 15.5. The standard InChI is InChI=1S/C23H21N5O2S3/c1-3-9-27-22(16-8-10-30-15(16)2)24-25-23(27)33-14-21(29)28-18(20-7-5-12-32-20)13-17(26-28)19-6-4-11-31-19/h3-8,10-12,18H,1,9,13-14H2,2H3. The quantitative estimate of drug-likeness (QED) is 0.234. The maximum absolute atomic E-state index is 13.3. The van der Waals surface area contributed by atoms with E-state index in [4.69, 9.17) is 9.52 Å². The lowest BCUT2D eigenvalue weighted by Gasteiger charge is -2.20. The molecule has 168 valence electrons. The molecule has 1 aliphatic heterocycles. The smallest absolute Gasteiger partial charge is 0.253 e. The number of amides is 1. The van der Waals surface area contributed by atoms with Gasteiger partial charge in [0.2, 0.25) is 0 Å². The van der Waals surface area contributed by atoms with Crippen LogP contribution in [0.25, 0.3) is 11.4 Å². The van der Waals surface area contributed by atoms with Crippen LogP contribution in [0.1, 0.15) is 28.0 Å². The van der Waals surface area contributed by atoms with Gasteiger partial charge in [-0.1, -0.05) is 30.0 Å². The first kappa shape index (κ1) is 21.9. The number of rotatable bonds is 8. The van der Waals surface area contributed by atoms with Crippen LogP contribution in [0.5, 0.6) is 0 Å². The zero-order chi connectivity index (χ0) is 22.8. The number of carbonyl (C=O) groups is 1. The van der Waals surface area contributed by atoms with Crippen LogP contribution in [0.2, 0.25) is 0 Å². The van der Waals surface area contributed by atoms with Gasteiger partial charge in [-0.2, -0.15) is 5.10 Å². The van der Waals surface area contributed by atoms with E-state index in [0.717, 1.165) is 26.8 Å². The van der Waals surface area contributed by atoms with Crippen molar-refractivity contribution in [2.75, 3.05) is 5.75 Å². The van der Waals surface area contributed by atoms with Crippen molar-refractivity contribution in [1.82, 2.24) is 19.8 Å². The lowest BCUT2D eigenvalue weighted by atomic mass is 10.1. The van der Waals surface area contributed by atoms with Gasteiger partial charge in [0.1, 0.15) is 5.76 Å². The van der Waals surface area contributed by atoms with Gasteiger partial charge in [-0.25, -0.2) is 5.01 Å². The molecule has 4 aromatic heterocycles. The van der Waals surface area contributed by atoms with Crippen LogP contribution in [0, 0.1) is 6.92 Å². The molecule has 1 atom stereocenters. The van der Waals surface area contributed by atoms with Crippen molar-refractivity contribution in [2.24, 2.45) is 5.10 Å². The van der Waals surface area contributed by atoms with E-state index in [1.165, 1.54) is 11.8 Å². The Kier molecular flexibility index (Phi) is 6.30. The van der Waals surface area contributed by atoms with Crippen molar-refractivity contribution in [3.05, 3.63) is 75.5 Å². The summed E-state index contributed by atoms with van der Waals surface area (Å²) < 4.78 is 7.38. The maximum atomic E-state index is 13.3. The van der Waals surface area contributed by atoms with E-state index in [2.05, 4.69) is 28.9 Å². The number of furan rings is 1. The van der Waals surface area contributed by atoms with Crippen LogP contribution in [0.4, 0.5) is 0 Å². The lowest BCUT2D eigenvalue weighted by molar-refractivity contribution is -0.130. The van der Waals surface area contributed by atoms with Crippen LogP contribution < -0.4 is 0 Å². The van der Waals surface area contributed by atoms with E-state index >= 15 is 0 Å². The first-order valence-electron chi connectivity index (χ1n) is 10.3. The van der Waals surface area contributed by atoms with Crippen LogP contribution >= 0.6 is 34.4 Å². The monoisotopic (exact) mass is 495 g/mol. The molecule has 5 heterocycles. The van der Waals surface area contributed by atoms with Crippen LogP contribution in [0.3, 0.4) is 0 Å². The molecule has 1 aliphatic rings. The molecule has 4 aromatic rings. The molecule has 0 saturated carbocycles. The average molecular weight is 496 g/mol. The van der Waals surface area contributed by atoms with E-state index in [-0.39, 0.29) is 17.7 Å².